The smallest absolute Gasteiger partial charge is 0.146 e. The molecule has 0 amide bonds. The van der Waals surface area contributed by atoms with Crippen molar-refractivity contribution in [3.05, 3.63) is 12.2 Å². The topological polar surface area (TPSA) is 18.5 Å². The van der Waals surface area contributed by atoms with Crippen LogP contribution in [0.25, 0.3) is 0 Å². The van der Waals surface area contributed by atoms with Crippen LogP contribution in [0.1, 0.15) is 6.92 Å². The molecule has 0 spiro atoms. The summed E-state index contributed by atoms with van der Waals surface area (Å²) < 4.78 is 9.55. The van der Waals surface area contributed by atoms with Gasteiger partial charge in [0.05, 0.1) is 6.61 Å². The van der Waals surface area contributed by atoms with Crippen LogP contribution in [-0.4, -0.2) is 20.5 Å². The predicted molar refractivity (Wildman–Crippen MR) is 32.6 cm³/mol. The fourth-order valence-electron chi connectivity index (χ4n) is 0.299. The Morgan fingerprint density at radius 2 is 2.25 bits per heavy atom. The molecule has 0 aromatic heterocycles. The summed E-state index contributed by atoms with van der Waals surface area (Å²) >= 11 is 0. The third kappa shape index (κ3) is 5.66. The van der Waals surface area contributed by atoms with Gasteiger partial charge in [0.2, 0.25) is 0 Å². The van der Waals surface area contributed by atoms with Crippen molar-refractivity contribution >= 4 is 0 Å². The molecule has 0 radical (unpaired) electrons. The van der Waals surface area contributed by atoms with E-state index in [2.05, 4.69) is 11.3 Å². The summed E-state index contributed by atoms with van der Waals surface area (Å²) in [5.41, 5.74) is 1.02. The largest absolute Gasteiger partial charge is 0.359 e. The second-order valence-corrected chi connectivity index (χ2v) is 1.71. The first-order valence-corrected chi connectivity index (χ1v) is 2.48. The maximum Gasteiger partial charge on any atom is 0.146 e. The van der Waals surface area contributed by atoms with Crippen molar-refractivity contribution in [3.63, 3.8) is 0 Å². The molecule has 2 nitrogen and oxygen atoms in total. The molecule has 0 rings (SSSR count). The van der Waals surface area contributed by atoms with Crippen molar-refractivity contribution in [1.82, 2.24) is 0 Å². The molecule has 0 aliphatic heterocycles. The molecule has 2 heteroatoms. The van der Waals surface area contributed by atoms with Gasteiger partial charge in [0, 0.05) is 7.11 Å². The van der Waals surface area contributed by atoms with E-state index in [-0.39, 0.29) is 0 Å². The van der Waals surface area contributed by atoms with Gasteiger partial charge in [0.1, 0.15) is 6.79 Å². The molecule has 0 N–H and O–H groups in total. The van der Waals surface area contributed by atoms with Gasteiger partial charge in [0.15, 0.2) is 0 Å². The lowest BCUT2D eigenvalue weighted by Crippen LogP contribution is -1.97. The van der Waals surface area contributed by atoms with Crippen LogP contribution in [0.2, 0.25) is 0 Å². The summed E-state index contributed by atoms with van der Waals surface area (Å²) in [6.07, 6.45) is 0. The summed E-state index contributed by atoms with van der Waals surface area (Å²) in [5, 5.41) is 0. The van der Waals surface area contributed by atoms with Crippen molar-refractivity contribution in [2.45, 2.75) is 6.92 Å². The Labute approximate surface area is 50.1 Å². The summed E-state index contributed by atoms with van der Waals surface area (Å²) in [7, 11) is 1.60. The predicted octanol–water partition coefficient (Wildman–Crippen LogP) is 1.18. The molecule has 0 saturated heterocycles. The Morgan fingerprint density at radius 1 is 1.62 bits per heavy atom. The molecule has 48 valence electrons. The van der Waals surface area contributed by atoms with Crippen molar-refractivity contribution in [2.24, 2.45) is 0 Å². The van der Waals surface area contributed by atoms with E-state index >= 15 is 0 Å². The molecule has 0 aliphatic carbocycles. The molecule has 0 atom stereocenters. The minimum atomic E-state index is 0.354. The maximum atomic E-state index is 4.92. The Hall–Kier alpha value is -0.340. The SMILES string of the molecule is C=C(C)COCOC. The highest BCUT2D eigenvalue weighted by Gasteiger charge is 1.82. The van der Waals surface area contributed by atoms with Gasteiger partial charge in [0.25, 0.3) is 0 Å². The molecule has 0 heterocycles. The van der Waals surface area contributed by atoms with Crippen LogP contribution in [0.3, 0.4) is 0 Å². The maximum absolute atomic E-state index is 4.92. The van der Waals surface area contributed by atoms with Crippen molar-refractivity contribution in [2.75, 3.05) is 20.5 Å². The zero-order chi connectivity index (χ0) is 6.41. The van der Waals surface area contributed by atoms with Crippen LogP contribution >= 0.6 is 0 Å². The van der Waals surface area contributed by atoms with Gasteiger partial charge in [-0.1, -0.05) is 12.2 Å². The second-order valence-electron chi connectivity index (χ2n) is 1.71. The van der Waals surface area contributed by atoms with Gasteiger partial charge < -0.3 is 9.47 Å². The van der Waals surface area contributed by atoms with E-state index in [4.69, 9.17) is 4.74 Å². The zero-order valence-electron chi connectivity index (χ0n) is 5.44. The van der Waals surface area contributed by atoms with Gasteiger partial charge in [-0.2, -0.15) is 0 Å². The second kappa shape index (κ2) is 4.81. The average molecular weight is 116 g/mol. The fraction of sp³-hybridized carbons (Fsp3) is 0.667. The van der Waals surface area contributed by atoms with E-state index in [9.17, 15) is 0 Å². The van der Waals surface area contributed by atoms with Crippen LogP contribution in [-0.2, 0) is 9.47 Å². The minimum absolute atomic E-state index is 0.354. The number of hydrogen-bond acceptors (Lipinski definition) is 2. The van der Waals surface area contributed by atoms with Crippen LogP contribution in [0.4, 0.5) is 0 Å². The first-order valence-electron chi connectivity index (χ1n) is 2.48. The summed E-state index contributed by atoms with van der Waals surface area (Å²) in [4.78, 5) is 0. The molecule has 0 aliphatic rings. The fourth-order valence-corrected chi connectivity index (χ4v) is 0.299. The van der Waals surface area contributed by atoms with E-state index in [0.717, 1.165) is 5.57 Å². The number of hydrogen-bond donors (Lipinski definition) is 0. The van der Waals surface area contributed by atoms with Gasteiger partial charge in [-0.05, 0) is 6.92 Å². The van der Waals surface area contributed by atoms with Crippen molar-refractivity contribution < 1.29 is 9.47 Å². The zero-order valence-corrected chi connectivity index (χ0v) is 5.44. The third-order valence-corrected chi connectivity index (χ3v) is 0.550. The highest BCUT2D eigenvalue weighted by Crippen LogP contribution is 1.86. The van der Waals surface area contributed by atoms with Gasteiger partial charge in [-0.3, -0.25) is 0 Å². The highest BCUT2D eigenvalue weighted by atomic mass is 16.7. The van der Waals surface area contributed by atoms with Crippen LogP contribution < -0.4 is 0 Å². The monoisotopic (exact) mass is 116 g/mol. The van der Waals surface area contributed by atoms with Gasteiger partial charge in [-0.15, -0.1) is 0 Å². The molecule has 0 aromatic carbocycles. The van der Waals surface area contributed by atoms with Crippen molar-refractivity contribution in [3.8, 4) is 0 Å². The quantitative estimate of drug-likeness (QED) is 0.312. The van der Waals surface area contributed by atoms with Gasteiger partial charge in [-0.25, -0.2) is 0 Å². The van der Waals surface area contributed by atoms with Crippen LogP contribution in [0.5, 0.6) is 0 Å². The van der Waals surface area contributed by atoms with E-state index < -0.39 is 0 Å². The molecule has 0 fully saturated rings. The molecule has 0 bridgehead atoms. The molecular weight excluding hydrogens is 104 g/mol. The molecule has 0 aromatic rings. The van der Waals surface area contributed by atoms with Crippen molar-refractivity contribution in [1.29, 1.82) is 0 Å². The van der Waals surface area contributed by atoms with E-state index in [0.29, 0.717) is 13.4 Å². The third-order valence-electron chi connectivity index (χ3n) is 0.550. The molecule has 8 heavy (non-hydrogen) atoms. The average Bonchev–Trinajstić information content (AvgIpc) is 1.66. The lowest BCUT2D eigenvalue weighted by atomic mass is 10.4. The number of rotatable bonds is 4. The number of ether oxygens (including phenoxy) is 2. The summed E-state index contributed by atoms with van der Waals surface area (Å²) in [6, 6.07) is 0. The molecule has 0 saturated carbocycles. The Bertz CT molecular complexity index is 68.9. The number of methoxy groups -OCH3 is 1. The molecular formula is C6H12O2. The van der Waals surface area contributed by atoms with Crippen LogP contribution in [0.15, 0.2) is 12.2 Å². The first-order chi connectivity index (χ1) is 3.77. The van der Waals surface area contributed by atoms with Crippen LogP contribution in [0, 0.1) is 0 Å². The standard InChI is InChI=1S/C6H12O2/c1-6(2)4-8-5-7-3/h1,4-5H2,2-3H3. The highest BCUT2D eigenvalue weighted by molar-refractivity contribution is 4.86. The molecule has 0 unspecified atom stereocenters. The Morgan fingerprint density at radius 3 is 2.62 bits per heavy atom. The summed E-state index contributed by atoms with van der Waals surface area (Å²) in [5.74, 6) is 0. The Balaban J connectivity index is 2.82. The lowest BCUT2D eigenvalue weighted by molar-refractivity contribution is -0.0210. The van der Waals surface area contributed by atoms with E-state index in [1.165, 1.54) is 0 Å². The van der Waals surface area contributed by atoms with Gasteiger partial charge >= 0.3 is 0 Å². The first kappa shape index (κ1) is 7.66. The minimum Gasteiger partial charge on any atom is -0.359 e. The van der Waals surface area contributed by atoms with E-state index in [1.54, 1.807) is 7.11 Å². The summed E-state index contributed by atoms with van der Waals surface area (Å²) in [6.45, 7) is 6.50. The Kier molecular flexibility index (Phi) is 4.61. The van der Waals surface area contributed by atoms with E-state index in [1.807, 2.05) is 6.92 Å². The normalized spacial score (nSPS) is 9.25. The lowest BCUT2D eigenvalue weighted by Gasteiger charge is -1.99.